The number of rotatable bonds is 6. The molecular formula is C18H22ClN3O3. The number of carboxylic acids is 1. The van der Waals surface area contributed by atoms with Crippen LogP contribution in [0.2, 0.25) is 5.02 Å². The Hall–Kier alpha value is -2.34. The minimum absolute atomic E-state index is 0.243. The molecule has 7 heteroatoms. The number of carboxylic acid groups (broad SMARTS) is 1. The van der Waals surface area contributed by atoms with Gasteiger partial charge in [-0.2, -0.15) is 5.10 Å². The molecule has 1 aromatic carbocycles. The summed E-state index contributed by atoms with van der Waals surface area (Å²) in [6.45, 7) is 5.55. The molecule has 2 N–H and O–H groups in total. The van der Waals surface area contributed by atoms with E-state index in [4.69, 9.17) is 11.6 Å². The van der Waals surface area contributed by atoms with Gasteiger partial charge in [-0.25, -0.2) is 0 Å². The normalized spacial score (nSPS) is 13.3. The number of nitrogens with one attached hydrogen (secondary N) is 1. The van der Waals surface area contributed by atoms with Gasteiger partial charge in [-0.05, 0) is 32.4 Å². The monoisotopic (exact) mass is 363 g/mol. The average molecular weight is 364 g/mol. The average Bonchev–Trinajstić information content (AvgIpc) is 2.78. The molecule has 0 unspecified atom stereocenters. The third-order valence-electron chi connectivity index (χ3n) is 4.37. The highest BCUT2D eigenvalue weighted by Crippen LogP contribution is 2.28. The van der Waals surface area contributed by atoms with Crippen molar-refractivity contribution < 1.29 is 14.7 Å². The van der Waals surface area contributed by atoms with Crippen molar-refractivity contribution in [3.8, 4) is 0 Å². The highest BCUT2D eigenvalue weighted by molar-refractivity contribution is 6.31. The topological polar surface area (TPSA) is 84.2 Å². The highest BCUT2D eigenvalue weighted by atomic mass is 35.5. The van der Waals surface area contributed by atoms with E-state index in [1.807, 2.05) is 20.9 Å². The van der Waals surface area contributed by atoms with Crippen molar-refractivity contribution in [1.82, 2.24) is 15.1 Å². The van der Waals surface area contributed by atoms with Crippen LogP contribution in [0.25, 0.3) is 0 Å². The van der Waals surface area contributed by atoms with Crippen molar-refractivity contribution >= 4 is 23.5 Å². The Labute approximate surface area is 151 Å². The Morgan fingerprint density at radius 1 is 1.32 bits per heavy atom. The summed E-state index contributed by atoms with van der Waals surface area (Å²) in [6, 6.07) is 6.23. The molecule has 0 aliphatic heterocycles. The van der Waals surface area contributed by atoms with Crippen molar-refractivity contribution in [2.75, 3.05) is 0 Å². The van der Waals surface area contributed by atoms with Gasteiger partial charge in [0.1, 0.15) is 0 Å². The van der Waals surface area contributed by atoms with Crippen LogP contribution in [-0.4, -0.2) is 26.8 Å². The third-order valence-corrected chi connectivity index (χ3v) is 4.71. The zero-order valence-electron chi connectivity index (χ0n) is 14.7. The summed E-state index contributed by atoms with van der Waals surface area (Å²) in [7, 11) is 1.83. The smallest absolute Gasteiger partial charge is 0.305 e. The van der Waals surface area contributed by atoms with Crippen molar-refractivity contribution in [2.45, 2.75) is 39.2 Å². The molecule has 25 heavy (non-hydrogen) atoms. The Balaban J connectivity index is 2.27. The molecule has 2 atom stereocenters. The van der Waals surface area contributed by atoms with E-state index in [1.54, 1.807) is 35.9 Å². The predicted molar refractivity (Wildman–Crippen MR) is 95.7 cm³/mol. The van der Waals surface area contributed by atoms with Crippen LogP contribution in [0.1, 0.15) is 47.8 Å². The van der Waals surface area contributed by atoms with E-state index < -0.39 is 17.9 Å². The SMILES string of the molecule is Cc1nn(C)c(C)c1[C@@H](C)C(=O)N[C@@H](CC(=O)O)c1ccccc1Cl. The summed E-state index contributed by atoms with van der Waals surface area (Å²) < 4.78 is 1.73. The lowest BCUT2D eigenvalue weighted by atomic mass is 9.96. The van der Waals surface area contributed by atoms with Gasteiger partial charge in [0.05, 0.1) is 24.1 Å². The first-order chi connectivity index (χ1) is 11.7. The first kappa shape index (κ1) is 19.0. The molecular weight excluding hydrogens is 342 g/mol. The van der Waals surface area contributed by atoms with E-state index in [0.29, 0.717) is 10.6 Å². The Morgan fingerprint density at radius 2 is 1.96 bits per heavy atom. The Kier molecular flexibility index (Phi) is 5.85. The lowest BCUT2D eigenvalue weighted by Crippen LogP contribution is -2.33. The maximum Gasteiger partial charge on any atom is 0.305 e. The fourth-order valence-electron chi connectivity index (χ4n) is 3.02. The van der Waals surface area contributed by atoms with E-state index in [0.717, 1.165) is 17.0 Å². The molecule has 0 saturated heterocycles. The molecule has 0 bridgehead atoms. The summed E-state index contributed by atoms with van der Waals surface area (Å²) in [6.07, 6.45) is -0.243. The van der Waals surface area contributed by atoms with Gasteiger partial charge in [0.25, 0.3) is 0 Å². The van der Waals surface area contributed by atoms with Gasteiger partial charge in [0, 0.05) is 23.3 Å². The second kappa shape index (κ2) is 7.70. The molecule has 1 aromatic heterocycles. The number of benzene rings is 1. The molecule has 0 radical (unpaired) electrons. The van der Waals surface area contributed by atoms with Gasteiger partial charge >= 0.3 is 5.97 Å². The van der Waals surface area contributed by atoms with Crippen molar-refractivity contribution in [3.05, 3.63) is 51.8 Å². The lowest BCUT2D eigenvalue weighted by Gasteiger charge is -2.21. The molecule has 0 saturated carbocycles. The number of carbonyl (C=O) groups is 2. The molecule has 0 aliphatic rings. The summed E-state index contributed by atoms with van der Waals surface area (Å²) in [5.74, 6) is -1.72. The molecule has 0 spiro atoms. The number of aliphatic carboxylic acids is 1. The molecule has 6 nitrogen and oxygen atoms in total. The summed E-state index contributed by atoms with van der Waals surface area (Å²) >= 11 is 6.18. The zero-order valence-corrected chi connectivity index (χ0v) is 15.5. The Bertz CT molecular complexity index is 801. The summed E-state index contributed by atoms with van der Waals surface area (Å²) in [5, 5.41) is 16.8. The van der Waals surface area contributed by atoms with Crippen LogP contribution >= 0.6 is 11.6 Å². The maximum absolute atomic E-state index is 12.7. The number of amides is 1. The van der Waals surface area contributed by atoms with E-state index >= 15 is 0 Å². The van der Waals surface area contributed by atoms with Crippen molar-refractivity contribution in [1.29, 1.82) is 0 Å². The lowest BCUT2D eigenvalue weighted by molar-refractivity contribution is -0.137. The number of hydrogen-bond donors (Lipinski definition) is 2. The predicted octanol–water partition coefficient (Wildman–Crippen LogP) is 3.13. The second-order valence-electron chi connectivity index (χ2n) is 6.11. The fourth-order valence-corrected chi connectivity index (χ4v) is 3.28. The first-order valence-corrected chi connectivity index (χ1v) is 8.36. The first-order valence-electron chi connectivity index (χ1n) is 7.99. The minimum atomic E-state index is -1.01. The molecule has 1 heterocycles. The maximum atomic E-state index is 12.7. The number of halogens is 1. The molecule has 2 aromatic rings. The van der Waals surface area contributed by atoms with E-state index in [-0.39, 0.29) is 12.3 Å². The number of nitrogens with zero attached hydrogens (tertiary/aromatic N) is 2. The van der Waals surface area contributed by atoms with Gasteiger partial charge in [-0.3, -0.25) is 14.3 Å². The summed E-state index contributed by atoms with van der Waals surface area (Å²) in [5.41, 5.74) is 3.14. The number of aromatic nitrogens is 2. The Morgan fingerprint density at radius 3 is 2.48 bits per heavy atom. The van der Waals surface area contributed by atoms with Crippen LogP contribution in [0, 0.1) is 13.8 Å². The van der Waals surface area contributed by atoms with Crippen LogP contribution in [0.4, 0.5) is 0 Å². The largest absolute Gasteiger partial charge is 0.481 e. The molecule has 0 aliphatic carbocycles. The van der Waals surface area contributed by atoms with Crippen molar-refractivity contribution in [2.24, 2.45) is 7.05 Å². The molecule has 134 valence electrons. The minimum Gasteiger partial charge on any atom is -0.481 e. The van der Waals surface area contributed by atoms with Gasteiger partial charge in [0.15, 0.2) is 0 Å². The van der Waals surface area contributed by atoms with E-state index in [9.17, 15) is 14.7 Å². The number of carbonyl (C=O) groups excluding carboxylic acids is 1. The highest BCUT2D eigenvalue weighted by Gasteiger charge is 2.26. The zero-order chi connectivity index (χ0) is 18.7. The fraction of sp³-hybridized carbons (Fsp3) is 0.389. The van der Waals surface area contributed by atoms with Gasteiger partial charge in [-0.15, -0.1) is 0 Å². The standard InChI is InChI=1S/C18H22ClN3O3/c1-10(17-11(2)21-22(4)12(17)3)18(25)20-15(9-16(23)24)13-7-5-6-8-14(13)19/h5-8,10,15H,9H2,1-4H3,(H,20,25)(H,23,24)/t10-,15+/m1/s1. The van der Waals surface area contributed by atoms with E-state index in [1.165, 1.54) is 0 Å². The van der Waals surface area contributed by atoms with E-state index in [2.05, 4.69) is 10.4 Å². The van der Waals surface area contributed by atoms with Gasteiger partial charge in [0.2, 0.25) is 5.91 Å². The third kappa shape index (κ3) is 4.20. The van der Waals surface area contributed by atoms with Crippen LogP contribution in [-0.2, 0) is 16.6 Å². The van der Waals surface area contributed by atoms with Gasteiger partial charge < -0.3 is 10.4 Å². The second-order valence-corrected chi connectivity index (χ2v) is 6.52. The van der Waals surface area contributed by atoms with Crippen molar-refractivity contribution in [3.63, 3.8) is 0 Å². The van der Waals surface area contributed by atoms with Crippen LogP contribution in [0.15, 0.2) is 24.3 Å². The molecule has 0 fully saturated rings. The van der Waals surface area contributed by atoms with Crippen LogP contribution < -0.4 is 5.32 Å². The molecule has 1 amide bonds. The van der Waals surface area contributed by atoms with Gasteiger partial charge in [-0.1, -0.05) is 29.8 Å². The molecule has 2 rings (SSSR count). The number of hydrogen-bond acceptors (Lipinski definition) is 3. The quantitative estimate of drug-likeness (QED) is 0.825. The summed E-state index contributed by atoms with van der Waals surface area (Å²) in [4.78, 5) is 24.0. The number of aryl methyl sites for hydroxylation is 2. The van der Waals surface area contributed by atoms with Crippen LogP contribution in [0.3, 0.4) is 0 Å². The van der Waals surface area contributed by atoms with Crippen LogP contribution in [0.5, 0.6) is 0 Å².